The van der Waals surface area contributed by atoms with Crippen LogP contribution in [0.1, 0.15) is 30.4 Å². The van der Waals surface area contributed by atoms with E-state index in [0.29, 0.717) is 6.04 Å². The second-order valence-electron chi connectivity index (χ2n) is 4.07. The lowest BCUT2D eigenvalue weighted by atomic mass is 10.2. The first-order valence-electron chi connectivity index (χ1n) is 5.40. The summed E-state index contributed by atoms with van der Waals surface area (Å²) in [7, 11) is 0. The van der Waals surface area contributed by atoms with Crippen molar-refractivity contribution in [3.8, 4) is 0 Å². The molecular formula is C11H14N4. The zero-order valence-corrected chi connectivity index (χ0v) is 8.77. The summed E-state index contributed by atoms with van der Waals surface area (Å²) in [4.78, 5) is 0. The Kier molecular flexibility index (Phi) is 1.95. The van der Waals surface area contributed by atoms with E-state index in [4.69, 9.17) is 0 Å². The molecule has 1 aliphatic heterocycles. The summed E-state index contributed by atoms with van der Waals surface area (Å²) in [6.45, 7) is 3.18. The van der Waals surface area contributed by atoms with Crippen LogP contribution in [0.15, 0.2) is 18.2 Å². The Labute approximate surface area is 88.3 Å². The number of aryl methyl sites for hydroxylation is 1. The largest absolute Gasteiger partial charge is 0.307 e. The summed E-state index contributed by atoms with van der Waals surface area (Å²) in [5, 5.41) is 11.9. The predicted molar refractivity (Wildman–Crippen MR) is 57.7 cm³/mol. The van der Waals surface area contributed by atoms with Crippen molar-refractivity contribution in [3.05, 3.63) is 29.7 Å². The van der Waals surface area contributed by atoms with Gasteiger partial charge in [0.25, 0.3) is 0 Å². The number of hydrogen-bond acceptors (Lipinski definition) is 3. The van der Waals surface area contributed by atoms with Crippen molar-refractivity contribution in [3.63, 3.8) is 0 Å². The molecule has 0 radical (unpaired) electrons. The normalized spacial score (nSPS) is 21.3. The first kappa shape index (κ1) is 8.85. The van der Waals surface area contributed by atoms with Gasteiger partial charge in [0.1, 0.15) is 0 Å². The maximum atomic E-state index is 4.29. The fourth-order valence-electron chi connectivity index (χ4n) is 2.26. The van der Waals surface area contributed by atoms with Crippen LogP contribution in [0, 0.1) is 6.92 Å². The van der Waals surface area contributed by atoms with Crippen molar-refractivity contribution in [1.82, 2.24) is 19.9 Å². The minimum absolute atomic E-state index is 0.376. The highest BCUT2D eigenvalue weighted by molar-refractivity contribution is 5.40. The molecule has 3 heterocycles. The fraction of sp³-hybridized carbons (Fsp3) is 0.455. The van der Waals surface area contributed by atoms with E-state index in [0.717, 1.165) is 24.4 Å². The Hall–Kier alpha value is -1.42. The van der Waals surface area contributed by atoms with Crippen molar-refractivity contribution >= 4 is 5.65 Å². The van der Waals surface area contributed by atoms with Gasteiger partial charge in [-0.05, 0) is 38.4 Å². The van der Waals surface area contributed by atoms with Crippen molar-refractivity contribution in [2.45, 2.75) is 25.8 Å². The van der Waals surface area contributed by atoms with Crippen LogP contribution >= 0.6 is 0 Å². The molecule has 15 heavy (non-hydrogen) atoms. The van der Waals surface area contributed by atoms with Gasteiger partial charge in [0.05, 0.1) is 6.04 Å². The van der Waals surface area contributed by atoms with E-state index in [1.54, 1.807) is 0 Å². The SMILES string of the molecule is Cc1cccc2nnc(C3CCCN3)n12. The maximum absolute atomic E-state index is 4.29. The van der Waals surface area contributed by atoms with Crippen LogP contribution in [0.5, 0.6) is 0 Å². The Morgan fingerprint density at radius 3 is 3.13 bits per heavy atom. The van der Waals surface area contributed by atoms with Gasteiger partial charge in [-0.15, -0.1) is 10.2 Å². The predicted octanol–water partition coefficient (Wildman–Crippen LogP) is 1.46. The summed E-state index contributed by atoms with van der Waals surface area (Å²) >= 11 is 0. The molecule has 1 N–H and O–H groups in total. The smallest absolute Gasteiger partial charge is 0.161 e. The summed E-state index contributed by atoms with van der Waals surface area (Å²) in [6, 6.07) is 6.49. The number of aromatic nitrogens is 3. The molecule has 78 valence electrons. The molecule has 4 nitrogen and oxygen atoms in total. The third-order valence-electron chi connectivity index (χ3n) is 3.02. The second-order valence-corrected chi connectivity index (χ2v) is 4.07. The quantitative estimate of drug-likeness (QED) is 0.761. The number of nitrogens with one attached hydrogen (secondary N) is 1. The second kappa shape index (κ2) is 3.31. The molecule has 1 fully saturated rings. The standard InChI is InChI=1S/C11H14N4/c1-8-4-2-6-10-13-14-11(15(8)10)9-5-3-7-12-9/h2,4,6,9,12H,3,5,7H2,1H3. The lowest BCUT2D eigenvalue weighted by Crippen LogP contribution is -2.16. The van der Waals surface area contributed by atoms with Crippen LogP contribution in [0.4, 0.5) is 0 Å². The highest BCUT2D eigenvalue weighted by Crippen LogP contribution is 2.22. The van der Waals surface area contributed by atoms with Gasteiger partial charge in [0.15, 0.2) is 11.5 Å². The molecule has 4 heteroatoms. The van der Waals surface area contributed by atoms with Gasteiger partial charge in [0, 0.05) is 5.69 Å². The zero-order valence-electron chi connectivity index (χ0n) is 8.77. The summed E-state index contributed by atoms with van der Waals surface area (Å²) in [5.74, 6) is 1.06. The monoisotopic (exact) mass is 202 g/mol. The average Bonchev–Trinajstić information content (AvgIpc) is 2.85. The van der Waals surface area contributed by atoms with Crippen LogP contribution in [0.25, 0.3) is 5.65 Å². The molecule has 1 unspecified atom stereocenters. The molecule has 0 aliphatic carbocycles. The van der Waals surface area contributed by atoms with Crippen LogP contribution in [0.2, 0.25) is 0 Å². The Morgan fingerprint density at radius 1 is 1.40 bits per heavy atom. The highest BCUT2D eigenvalue weighted by Gasteiger charge is 2.21. The summed E-state index contributed by atoms with van der Waals surface area (Å²) < 4.78 is 2.14. The lowest BCUT2D eigenvalue weighted by molar-refractivity contribution is 0.596. The molecule has 0 saturated carbocycles. The Balaban J connectivity index is 2.18. The van der Waals surface area contributed by atoms with E-state index in [2.05, 4.69) is 32.9 Å². The number of hydrogen-bond donors (Lipinski definition) is 1. The number of rotatable bonds is 1. The first-order valence-corrected chi connectivity index (χ1v) is 5.40. The van der Waals surface area contributed by atoms with Crippen LogP contribution in [-0.2, 0) is 0 Å². The van der Waals surface area contributed by atoms with Crippen LogP contribution in [-0.4, -0.2) is 21.1 Å². The van der Waals surface area contributed by atoms with Gasteiger partial charge in [-0.1, -0.05) is 6.07 Å². The van der Waals surface area contributed by atoms with Gasteiger partial charge < -0.3 is 5.32 Å². The topological polar surface area (TPSA) is 42.2 Å². The average molecular weight is 202 g/mol. The van der Waals surface area contributed by atoms with Crippen molar-refractivity contribution in [2.24, 2.45) is 0 Å². The third-order valence-corrected chi connectivity index (χ3v) is 3.02. The van der Waals surface area contributed by atoms with Crippen molar-refractivity contribution in [2.75, 3.05) is 6.54 Å². The van der Waals surface area contributed by atoms with E-state index in [-0.39, 0.29) is 0 Å². The molecule has 0 aromatic carbocycles. The third kappa shape index (κ3) is 1.33. The zero-order chi connectivity index (χ0) is 10.3. The van der Waals surface area contributed by atoms with E-state index in [9.17, 15) is 0 Å². The molecule has 2 aromatic rings. The molecule has 1 aliphatic rings. The molecular weight excluding hydrogens is 188 g/mol. The molecule has 1 saturated heterocycles. The summed E-state index contributed by atoms with van der Waals surface area (Å²) in [5.41, 5.74) is 2.14. The fourth-order valence-corrected chi connectivity index (χ4v) is 2.26. The Morgan fingerprint density at radius 2 is 2.33 bits per heavy atom. The molecule has 3 rings (SSSR count). The van der Waals surface area contributed by atoms with Crippen LogP contribution < -0.4 is 5.32 Å². The number of nitrogens with zero attached hydrogens (tertiary/aromatic N) is 3. The lowest BCUT2D eigenvalue weighted by Gasteiger charge is -2.09. The van der Waals surface area contributed by atoms with E-state index in [1.165, 1.54) is 12.1 Å². The van der Waals surface area contributed by atoms with Gasteiger partial charge in [0.2, 0.25) is 0 Å². The minimum Gasteiger partial charge on any atom is -0.307 e. The van der Waals surface area contributed by atoms with Gasteiger partial charge in [-0.2, -0.15) is 0 Å². The molecule has 0 spiro atoms. The minimum atomic E-state index is 0.376. The molecule has 2 aromatic heterocycles. The van der Waals surface area contributed by atoms with E-state index >= 15 is 0 Å². The van der Waals surface area contributed by atoms with Crippen LogP contribution in [0.3, 0.4) is 0 Å². The summed E-state index contributed by atoms with van der Waals surface area (Å²) in [6.07, 6.45) is 2.39. The van der Waals surface area contributed by atoms with Gasteiger partial charge in [-0.3, -0.25) is 4.40 Å². The highest BCUT2D eigenvalue weighted by atomic mass is 15.3. The number of fused-ring (bicyclic) bond motifs is 1. The van der Waals surface area contributed by atoms with E-state index < -0.39 is 0 Å². The molecule has 1 atom stereocenters. The first-order chi connectivity index (χ1) is 7.36. The maximum Gasteiger partial charge on any atom is 0.161 e. The van der Waals surface area contributed by atoms with Crippen molar-refractivity contribution < 1.29 is 0 Å². The Bertz CT molecular complexity index is 482. The van der Waals surface area contributed by atoms with Gasteiger partial charge in [-0.25, -0.2) is 0 Å². The molecule has 0 amide bonds. The number of pyridine rings is 1. The van der Waals surface area contributed by atoms with Gasteiger partial charge >= 0.3 is 0 Å². The van der Waals surface area contributed by atoms with Crippen molar-refractivity contribution in [1.29, 1.82) is 0 Å². The van der Waals surface area contributed by atoms with E-state index in [1.807, 2.05) is 12.1 Å². The molecule has 0 bridgehead atoms.